The fourth-order valence-electron chi connectivity index (χ4n) is 6.58. The number of sulfonamides is 1. The molecular weight excluding hydrogens is 384 g/mol. The number of rotatable bonds is 8. The Morgan fingerprint density at radius 2 is 1.59 bits per heavy atom. The molecule has 1 aromatic carbocycles. The number of hydrogen-bond acceptors (Lipinski definition) is 3. The molecule has 0 saturated heterocycles. The zero-order chi connectivity index (χ0) is 20.6. The van der Waals surface area contributed by atoms with Gasteiger partial charge in [-0.1, -0.05) is 24.3 Å². The third kappa shape index (κ3) is 5.02. The molecule has 0 aliphatic heterocycles. The highest BCUT2D eigenvalue weighted by Crippen LogP contribution is 2.61. The predicted octanol–water partition coefficient (Wildman–Crippen LogP) is 3.74. The number of carbonyl (C=O) groups is 1. The lowest BCUT2D eigenvalue weighted by molar-refractivity contribution is -0.129. The van der Waals surface area contributed by atoms with Crippen molar-refractivity contribution >= 4 is 15.9 Å². The minimum Gasteiger partial charge on any atom is -0.352 e. The number of amides is 1. The van der Waals surface area contributed by atoms with Crippen molar-refractivity contribution in [1.82, 2.24) is 10.0 Å². The van der Waals surface area contributed by atoms with Crippen LogP contribution in [0.5, 0.6) is 0 Å². The van der Waals surface area contributed by atoms with Gasteiger partial charge < -0.3 is 5.32 Å². The van der Waals surface area contributed by atoms with Gasteiger partial charge >= 0.3 is 0 Å². The molecule has 0 unspecified atom stereocenters. The molecular formula is C23H34N2O3S. The standard InChI is InChI=1S/C23H34N2O3S/c1-16(2)25-29(27,28)15-21-6-4-3-5-20(21)14-24-22(26)13-23-10-17-7-18(11-23)9-19(8-17)12-23/h3-6,16-19,25H,7-15H2,1-2H3,(H,24,26). The van der Waals surface area contributed by atoms with Crippen LogP contribution in [0.4, 0.5) is 0 Å². The Hall–Kier alpha value is -1.40. The average molecular weight is 419 g/mol. The molecule has 6 heteroatoms. The molecule has 4 saturated carbocycles. The van der Waals surface area contributed by atoms with Crippen LogP contribution in [0.1, 0.15) is 69.9 Å². The molecule has 0 atom stereocenters. The van der Waals surface area contributed by atoms with Crippen LogP contribution in [-0.2, 0) is 27.1 Å². The van der Waals surface area contributed by atoms with Crippen molar-refractivity contribution in [2.75, 3.05) is 0 Å². The molecule has 4 aliphatic carbocycles. The van der Waals surface area contributed by atoms with Crippen molar-refractivity contribution in [2.24, 2.45) is 23.2 Å². The first-order chi connectivity index (χ1) is 13.7. The number of nitrogens with one attached hydrogen (secondary N) is 2. The fraction of sp³-hybridized carbons (Fsp3) is 0.696. The monoisotopic (exact) mass is 418 g/mol. The van der Waals surface area contributed by atoms with E-state index in [1.807, 2.05) is 38.1 Å². The van der Waals surface area contributed by atoms with Gasteiger partial charge in [0.2, 0.25) is 15.9 Å². The van der Waals surface area contributed by atoms with Gasteiger partial charge in [-0.05, 0) is 86.7 Å². The molecule has 0 radical (unpaired) electrons. The molecule has 2 N–H and O–H groups in total. The van der Waals surface area contributed by atoms with Gasteiger partial charge in [0.25, 0.3) is 0 Å². The summed E-state index contributed by atoms with van der Waals surface area (Å²) in [7, 11) is -3.39. The van der Waals surface area contributed by atoms with Crippen molar-refractivity contribution in [3.8, 4) is 0 Å². The minimum atomic E-state index is -3.39. The van der Waals surface area contributed by atoms with E-state index in [9.17, 15) is 13.2 Å². The molecule has 29 heavy (non-hydrogen) atoms. The second kappa shape index (κ2) is 8.03. The van der Waals surface area contributed by atoms with Crippen LogP contribution in [0.15, 0.2) is 24.3 Å². The summed E-state index contributed by atoms with van der Waals surface area (Å²) in [6.45, 7) is 4.01. The lowest BCUT2D eigenvalue weighted by Gasteiger charge is -2.56. The lowest BCUT2D eigenvalue weighted by atomic mass is 9.49. The second-order valence-corrected chi connectivity index (χ2v) is 11.9. The molecule has 160 valence electrons. The van der Waals surface area contributed by atoms with Gasteiger partial charge in [0.1, 0.15) is 0 Å². The van der Waals surface area contributed by atoms with Gasteiger partial charge in [0.05, 0.1) is 5.75 Å². The van der Waals surface area contributed by atoms with Crippen molar-refractivity contribution < 1.29 is 13.2 Å². The van der Waals surface area contributed by atoms with Gasteiger partial charge in [0, 0.05) is 19.0 Å². The van der Waals surface area contributed by atoms with E-state index in [2.05, 4.69) is 10.0 Å². The van der Waals surface area contributed by atoms with E-state index in [1.165, 1.54) is 38.5 Å². The summed E-state index contributed by atoms with van der Waals surface area (Å²) in [5.74, 6) is 2.58. The molecule has 0 spiro atoms. The average Bonchev–Trinajstić information content (AvgIpc) is 2.57. The summed E-state index contributed by atoms with van der Waals surface area (Å²) in [4.78, 5) is 12.8. The highest BCUT2D eigenvalue weighted by molar-refractivity contribution is 7.88. The summed E-state index contributed by atoms with van der Waals surface area (Å²) in [5.41, 5.74) is 1.85. The summed E-state index contributed by atoms with van der Waals surface area (Å²) in [5, 5.41) is 3.09. The SMILES string of the molecule is CC(C)NS(=O)(=O)Cc1ccccc1CNC(=O)CC12CC3CC(CC(C3)C1)C2. The quantitative estimate of drug-likeness (QED) is 0.675. The Balaban J connectivity index is 1.36. The van der Waals surface area contributed by atoms with Gasteiger partial charge in [-0.25, -0.2) is 13.1 Å². The van der Waals surface area contributed by atoms with Crippen molar-refractivity contribution in [1.29, 1.82) is 0 Å². The van der Waals surface area contributed by atoms with Crippen LogP contribution in [-0.4, -0.2) is 20.4 Å². The van der Waals surface area contributed by atoms with E-state index in [1.54, 1.807) is 0 Å². The van der Waals surface area contributed by atoms with Crippen molar-refractivity contribution in [3.63, 3.8) is 0 Å². The summed E-state index contributed by atoms with van der Waals surface area (Å²) >= 11 is 0. The van der Waals surface area contributed by atoms with Crippen LogP contribution in [0.25, 0.3) is 0 Å². The number of carbonyl (C=O) groups excluding carboxylic acids is 1. The maximum absolute atomic E-state index is 12.8. The molecule has 5 nitrogen and oxygen atoms in total. The molecule has 5 rings (SSSR count). The first kappa shape index (κ1) is 20.9. The van der Waals surface area contributed by atoms with Crippen LogP contribution in [0, 0.1) is 23.2 Å². The van der Waals surface area contributed by atoms with Crippen LogP contribution in [0.2, 0.25) is 0 Å². The first-order valence-corrected chi connectivity index (χ1v) is 12.7. The topological polar surface area (TPSA) is 75.3 Å². The minimum absolute atomic E-state index is 0.0633. The van der Waals surface area contributed by atoms with Crippen LogP contribution < -0.4 is 10.0 Å². The van der Waals surface area contributed by atoms with E-state index in [0.717, 1.165) is 28.9 Å². The van der Waals surface area contributed by atoms with E-state index in [0.29, 0.717) is 13.0 Å². The maximum atomic E-state index is 12.8. The number of hydrogen-bond donors (Lipinski definition) is 2. The first-order valence-electron chi connectivity index (χ1n) is 11.1. The van der Waals surface area contributed by atoms with Gasteiger partial charge in [-0.2, -0.15) is 0 Å². The third-order valence-corrected chi connectivity index (χ3v) is 8.58. The van der Waals surface area contributed by atoms with Gasteiger partial charge in [-0.15, -0.1) is 0 Å². The van der Waals surface area contributed by atoms with Crippen molar-refractivity contribution in [2.45, 2.75) is 77.1 Å². The summed E-state index contributed by atoms with van der Waals surface area (Å²) in [6, 6.07) is 7.35. The second-order valence-electron chi connectivity index (χ2n) is 10.2. The Bertz CT molecular complexity index is 827. The normalized spacial score (nSPS) is 30.7. The van der Waals surface area contributed by atoms with E-state index < -0.39 is 10.0 Å². The smallest absolute Gasteiger partial charge is 0.220 e. The molecule has 1 amide bonds. The highest BCUT2D eigenvalue weighted by atomic mass is 32.2. The van der Waals surface area contributed by atoms with E-state index in [4.69, 9.17) is 0 Å². The molecule has 4 aliphatic rings. The van der Waals surface area contributed by atoms with E-state index >= 15 is 0 Å². The van der Waals surface area contributed by atoms with Gasteiger partial charge in [0.15, 0.2) is 0 Å². The molecule has 0 heterocycles. The van der Waals surface area contributed by atoms with E-state index in [-0.39, 0.29) is 23.1 Å². The van der Waals surface area contributed by atoms with Crippen LogP contribution in [0.3, 0.4) is 0 Å². The fourth-order valence-corrected chi connectivity index (χ4v) is 8.07. The largest absolute Gasteiger partial charge is 0.352 e. The summed E-state index contributed by atoms with van der Waals surface area (Å²) < 4.78 is 27.3. The Labute approximate surface area is 175 Å². The van der Waals surface area contributed by atoms with Crippen molar-refractivity contribution in [3.05, 3.63) is 35.4 Å². The molecule has 4 bridgehead atoms. The zero-order valence-corrected chi connectivity index (χ0v) is 18.4. The molecule has 0 aromatic heterocycles. The lowest BCUT2D eigenvalue weighted by Crippen LogP contribution is -2.48. The third-order valence-electron chi connectivity index (χ3n) is 7.06. The van der Waals surface area contributed by atoms with Gasteiger partial charge in [-0.3, -0.25) is 4.79 Å². The number of benzene rings is 1. The molecule has 4 fully saturated rings. The Kier molecular flexibility index (Phi) is 5.77. The van der Waals surface area contributed by atoms with Crippen LogP contribution >= 0.6 is 0 Å². The zero-order valence-electron chi connectivity index (χ0n) is 17.6. The Morgan fingerprint density at radius 1 is 1.03 bits per heavy atom. The predicted molar refractivity (Wildman–Crippen MR) is 114 cm³/mol. The molecule has 1 aromatic rings. The maximum Gasteiger partial charge on any atom is 0.220 e. The summed E-state index contributed by atoms with van der Waals surface area (Å²) in [6.07, 6.45) is 8.45. The highest BCUT2D eigenvalue weighted by Gasteiger charge is 2.51. The Morgan fingerprint density at radius 3 is 2.14 bits per heavy atom.